The molecule has 1 aliphatic heterocycles. The van der Waals surface area contributed by atoms with E-state index in [4.69, 9.17) is 4.74 Å². The maximum absolute atomic E-state index is 13.3. The number of para-hydroxylation sites is 1. The number of hydrogen-bond donors (Lipinski definition) is 2. The number of hydrogen-bond acceptors (Lipinski definition) is 5. The second-order valence-electron chi connectivity index (χ2n) is 6.87. The SMILES string of the molecule is O=CCNC(=O)c1c(O)c2cccc3c2n(c1=O)C(c1ccc(C(F)(F)F)cc1)CO3. The number of aldehydes is 1. The van der Waals surface area contributed by atoms with Crippen LogP contribution in [-0.2, 0) is 11.0 Å². The molecule has 3 aromatic rings. The number of carbonyl (C=O) groups excluding carboxylic acids is 2. The van der Waals surface area contributed by atoms with E-state index in [9.17, 15) is 32.7 Å². The van der Waals surface area contributed by atoms with Gasteiger partial charge in [0.1, 0.15) is 30.0 Å². The van der Waals surface area contributed by atoms with Gasteiger partial charge in [0.25, 0.3) is 11.5 Å². The Kier molecular flexibility index (Phi) is 4.92. The average Bonchev–Trinajstić information content (AvgIpc) is 2.75. The number of aromatic nitrogens is 1. The Morgan fingerprint density at radius 3 is 2.58 bits per heavy atom. The first-order valence-corrected chi connectivity index (χ1v) is 9.16. The molecule has 0 saturated carbocycles. The summed E-state index contributed by atoms with van der Waals surface area (Å²) >= 11 is 0. The van der Waals surface area contributed by atoms with Crippen molar-refractivity contribution >= 4 is 23.1 Å². The Balaban J connectivity index is 1.94. The molecule has 0 spiro atoms. The van der Waals surface area contributed by atoms with Gasteiger partial charge in [0.15, 0.2) is 0 Å². The van der Waals surface area contributed by atoms with Gasteiger partial charge in [0.05, 0.1) is 23.7 Å². The molecule has 1 aliphatic rings. The van der Waals surface area contributed by atoms with Crippen LogP contribution >= 0.6 is 0 Å². The van der Waals surface area contributed by atoms with E-state index in [0.29, 0.717) is 11.8 Å². The van der Waals surface area contributed by atoms with Crippen molar-refractivity contribution < 1.29 is 32.6 Å². The molecule has 2 aromatic carbocycles. The normalized spacial score (nSPS) is 15.4. The summed E-state index contributed by atoms with van der Waals surface area (Å²) in [5.74, 6) is -1.23. The van der Waals surface area contributed by atoms with Gasteiger partial charge in [-0.15, -0.1) is 0 Å². The molecule has 0 aliphatic carbocycles. The third-order valence-corrected chi connectivity index (χ3v) is 5.07. The fourth-order valence-electron chi connectivity index (χ4n) is 3.64. The quantitative estimate of drug-likeness (QED) is 0.618. The van der Waals surface area contributed by atoms with Crippen molar-refractivity contribution in [1.29, 1.82) is 0 Å². The van der Waals surface area contributed by atoms with Gasteiger partial charge in [-0.05, 0) is 29.8 Å². The van der Waals surface area contributed by atoms with Crippen molar-refractivity contribution in [1.82, 2.24) is 9.88 Å². The Hall–Kier alpha value is -3.82. The number of carbonyl (C=O) groups is 2. The van der Waals surface area contributed by atoms with E-state index >= 15 is 0 Å². The zero-order chi connectivity index (χ0) is 22.3. The van der Waals surface area contributed by atoms with Gasteiger partial charge in [0, 0.05) is 5.39 Å². The highest BCUT2D eigenvalue weighted by Gasteiger charge is 2.33. The molecular weight excluding hydrogens is 417 g/mol. The Morgan fingerprint density at radius 2 is 1.94 bits per heavy atom. The molecule has 0 bridgehead atoms. The van der Waals surface area contributed by atoms with Crippen molar-refractivity contribution in [2.75, 3.05) is 13.2 Å². The van der Waals surface area contributed by atoms with Crippen molar-refractivity contribution in [3.05, 3.63) is 69.5 Å². The minimum absolute atomic E-state index is 0.0719. The molecule has 1 unspecified atom stereocenters. The standard InChI is InChI=1S/C21H15F3N2O5/c22-21(23,24)12-6-4-11(5-7-12)14-10-31-15-3-1-2-13-17(15)26(14)20(30)16(18(13)28)19(29)25-8-9-27/h1-7,9,14,28H,8,10H2,(H,25,29). The third-order valence-electron chi connectivity index (χ3n) is 5.07. The summed E-state index contributed by atoms with van der Waals surface area (Å²) in [7, 11) is 0. The smallest absolute Gasteiger partial charge is 0.416 e. The number of nitrogens with zero attached hydrogens (tertiary/aromatic N) is 1. The van der Waals surface area contributed by atoms with Crippen molar-refractivity contribution in [3.8, 4) is 11.5 Å². The molecule has 4 rings (SSSR count). The first-order valence-electron chi connectivity index (χ1n) is 9.16. The number of aromatic hydroxyl groups is 1. The van der Waals surface area contributed by atoms with Crippen LogP contribution in [0.2, 0.25) is 0 Å². The van der Waals surface area contributed by atoms with E-state index in [1.807, 2.05) is 0 Å². The number of nitrogens with one attached hydrogen (secondary N) is 1. The Morgan fingerprint density at radius 1 is 1.23 bits per heavy atom. The van der Waals surface area contributed by atoms with Crippen LogP contribution in [-0.4, -0.2) is 35.0 Å². The van der Waals surface area contributed by atoms with Crippen LogP contribution in [0.25, 0.3) is 10.9 Å². The number of benzene rings is 2. The third kappa shape index (κ3) is 3.39. The second-order valence-corrected chi connectivity index (χ2v) is 6.87. The van der Waals surface area contributed by atoms with E-state index in [0.717, 1.165) is 12.1 Å². The monoisotopic (exact) mass is 432 g/mol. The number of rotatable bonds is 4. The summed E-state index contributed by atoms with van der Waals surface area (Å²) in [6.07, 6.45) is -4.09. The topological polar surface area (TPSA) is 97.6 Å². The van der Waals surface area contributed by atoms with Crippen LogP contribution in [0.4, 0.5) is 13.2 Å². The van der Waals surface area contributed by atoms with Gasteiger partial charge >= 0.3 is 6.18 Å². The van der Waals surface area contributed by atoms with E-state index in [2.05, 4.69) is 5.32 Å². The van der Waals surface area contributed by atoms with Crippen LogP contribution in [0.1, 0.15) is 27.5 Å². The van der Waals surface area contributed by atoms with Gasteiger partial charge in [-0.2, -0.15) is 13.2 Å². The van der Waals surface area contributed by atoms with E-state index < -0.39 is 40.6 Å². The molecule has 2 N–H and O–H groups in total. The molecule has 1 amide bonds. The summed E-state index contributed by atoms with van der Waals surface area (Å²) in [5.41, 5.74) is -1.69. The lowest BCUT2D eigenvalue weighted by molar-refractivity contribution is -0.137. The highest BCUT2D eigenvalue weighted by molar-refractivity contribution is 6.04. The van der Waals surface area contributed by atoms with Crippen molar-refractivity contribution in [2.24, 2.45) is 0 Å². The van der Waals surface area contributed by atoms with Gasteiger partial charge in [-0.25, -0.2) is 0 Å². The largest absolute Gasteiger partial charge is 0.506 e. The predicted octanol–water partition coefficient (Wildman–Crippen LogP) is 2.64. The minimum atomic E-state index is -4.51. The zero-order valence-electron chi connectivity index (χ0n) is 15.8. The molecule has 0 fully saturated rings. The van der Waals surface area contributed by atoms with Crippen LogP contribution in [0.3, 0.4) is 0 Å². The number of alkyl halides is 3. The van der Waals surface area contributed by atoms with Crippen molar-refractivity contribution in [2.45, 2.75) is 12.2 Å². The average molecular weight is 432 g/mol. The lowest BCUT2D eigenvalue weighted by Crippen LogP contribution is -2.38. The van der Waals surface area contributed by atoms with Crippen molar-refractivity contribution in [3.63, 3.8) is 0 Å². The maximum Gasteiger partial charge on any atom is 0.416 e. The van der Waals surface area contributed by atoms with E-state index in [-0.39, 0.29) is 29.8 Å². The van der Waals surface area contributed by atoms with Gasteiger partial charge < -0.3 is 20.0 Å². The van der Waals surface area contributed by atoms with Crippen LogP contribution in [0, 0.1) is 0 Å². The summed E-state index contributed by atoms with van der Waals surface area (Å²) < 4.78 is 45.7. The molecule has 2 heterocycles. The first kappa shape index (κ1) is 20.5. The highest BCUT2D eigenvalue weighted by Crippen LogP contribution is 2.39. The van der Waals surface area contributed by atoms with Gasteiger partial charge in [-0.1, -0.05) is 18.2 Å². The zero-order valence-corrected chi connectivity index (χ0v) is 15.8. The molecule has 1 aromatic heterocycles. The number of amides is 1. The fraction of sp³-hybridized carbons (Fsp3) is 0.190. The highest BCUT2D eigenvalue weighted by atomic mass is 19.4. The Bertz CT molecular complexity index is 1250. The summed E-state index contributed by atoms with van der Waals surface area (Å²) in [5, 5.41) is 13.0. The number of ether oxygens (including phenoxy) is 1. The lowest BCUT2D eigenvalue weighted by atomic mass is 10.0. The summed E-state index contributed by atoms with van der Waals surface area (Å²) in [6, 6.07) is 8.06. The molecular formula is C21H15F3N2O5. The molecule has 7 nitrogen and oxygen atoms in total. The number of pyridine rings is 1. The van der Waals surface area contributed by atoms with Crippen LogP contribution in [0.15, 0.2) is 47.3 Å². The number of halogens is 3. The second kappa shape index (κ2) is 7.46. The molecule has 160 valence electrons. The van der Waals surface area contributed by atoms with Gasteiger partial charge in [-0.3, -0.25) is 14.2 Å². The molecule has 0 radical (unpaired) electrons. The van der Waals surface area contributed by atoms with E-state index in [1.165, 1.54) is 22.8 Å². The molecule has 10 heteroatoms. The Labute approximate surface area is 172 Å². The fourth-order valence-corrected chi connectivity index (χ4v) is 3.64. The maximum atomic E-state index is 13.3. The predicted molar refractivity (Wildman–Crippen MR) is 103 cm³/mol. The molecule has 0 saturated heterocycles. The molecule has 1 atom stereocenters. The van der Waals surface area contributed by atoms with E-state index in [1.54, 1.807) is 12.1 Å². The lowest BCUT2D eigenvalue weighted by Gasteiger charge is -2.29. The minimum Gasteiger partial charge on any atom is -0.506 e. The molecule has 31 heavy (non-hydrogen) atoms. The van der Waals surface area contributed by atoms with Crippen LogP contribution in [0.5, 0.6) is 11.5 Å². The summed E-state index contributed by atoms with van der Waals surface area (Å²) in [4.78, 5) is 36.3. The van der Waals surface area contributed by atoms with Gasteiger partial charge in [0.2, 0.25) is 0 Å². The first-order chi connectivity index (χ1) is 14.7. The summed E-state index contributed by atoms with van der Waals surface area (Å²) in [6.45, 7) is -0.432. The van der Waals surface area contributed by atoms with Crippen LogP contribution < -0.4 is 15.6 Å².